The number of nitrogens with zero attached hydrogens (tertiary/aromatic N) is 2. The van der Waals surface area contributed by atoms with Crippen LogP contribution in [0.1, 0.15) is 29.9 Å². The molecule has 3 N–H and O–H groups in total. The fraction of sp³-hybridized carbons (Fsp3) is 0.200. The van der Waals surface area contributed by atoms with Crippen molar-refractivity contribution in [3.63, 3.8) is 0 Å². The number of anilines is 1. The van der Waals surface area contributed by atoms with E-state index < -0.39 is 0 Å². The molecule has 1 atom stereocenters. The maximum Gasteiger partial charge on any atom is 0.246 e. The predicted octanol–water partition coefficient (Wildman–Crippen LogP) is 3.69. The summed E-state index contributed by atoms with van der Waals surface area (Å²) in [5.41, 5.74) is 9.42. The first-order valence-corrected chi connectivity index (χ1v) is 8.21. The zero-order chi connectivity index (χ0) is 18.0. The number of carbonyl (C=O) groups excluding carboxylic acids is 1. The predicted molar refractivity (Wildman–Crippen MR) is 102 cm³/mol. The lowest BCUT2D eigenvalue weighted by Crippen LogP contribution is -2.28. The van der Waals surface area contributed by atoms with Gasteiger partial charge in [0.2, 0.25) is 5.91 Å². The molecule has 0 aliphatic carbocycles. The molecule has 5 heteroatoms. The summed E-state index contributed by atoms with van der Waals surface area (Å²) in [4.78, 5) is 21.8. The number of hydrogen-bond acceptors (Lipinski definition) is 3. The van der Waals surface area contributed by atoms with E-state index in [9.17, 15) is 4.79 Å². The number of nitrogens with one attached hydrogen (secondary N) is 1. The number of amides is 1. The lowest BCUT2D eigenvalue weighted by Gasteiger charge is -2.22. The fourth-order valence-corrected chi connectivity index (χ4v) is 2.77. The van der Waals surface area contributed by atoms with E-state index in [1.807, 2.05) is 38.1 Å². The van der Waals surface area contributed by atoms with Gasteiger partial charge in [0.15, 0.2) is 0 Å². The summed E-state index contributed by atoms with van der Waals surface area (Å²) in [5.74, 6) is 0.410. The topological polar surface area (TPSA) is 75.0 Å². The number of nitrogens with two attached hydrogens (primary N) is 1. The Morgan fingerprint density at radius 3 is 2.76 bits per heavy atom. The average molecular weight is 334 g/mol. The van der Waals surface area contributed by atoms with Gasteiger partial charge in [-0.2, -0.15) is 0 Å². The third kappa shape index (κ3) is 3.55. The number of para-hydroxylation sites is 1. The van der Waals surface area contributed by atoms with Crippen molar-refractivity contribution in [1.29, 1.82) is 0 Å². The molecule has 2 heterocycles. The summed E-state index contributed by atoms with van der Waals surface area (Å²) in [7, 11) is 1.80. The van der Waals surface area contributed by atoms with E-state index in [1.165, 1.54) is 0 Å². The van der Waals surface area contributed by atoms with Gasteiger partial charge in [-0.15, -0.1) is 0 Å². The highest BCUT2D eigenvalue weighted by Crippen LogP contribution is 2.23. The normalized spacial score (nSPS) is 12.6. The van der Waals surface area contributed by atoms with Crippen LogP contribution >= 0.6 is 0 Å². The number of likely N-dealkylation sites (N-methyl/N-ethyl adjacent to an activating group) is 1. The smallest absolute Gasteiger partial charge is 0.246 e. The van der Waals surface area contributed by atoms with Gasteiger partial charge < -0.3 is 15.6 Å². The lowest BCUT2D eigenvalue weighted by molar-refractivity contribution is -0.126. The molecular weight excluding hydrogens is 312 g/mol. The van der Waals surface area contributed by atoms with Crippen LogP contribution in [0, 0.1) is 6.92 Å². The second-order valence-electron chi connectivity index (χ2n) is 6.18. The van der Waals surface area contributed by atoms with E-state index in [4.69, 9.17) is 5.73 Å². The number of benzene rings is 1. The molecule has 0 bridgehead atoms. The second-order valence-corrected chi connectivity index (χ2v) is 6.18. The number of aromatic amines is 1. The van der Waals surface area contributed by atoms with Gasteiger partial charge in [0.25, 0.3) is 0 Å². The first kappa shape index (κ1) is 16.8. The monoisotopic (exact) mass is 334 g/mol. The molecule has 5 nitrogen and oxygen atoms in total. The number of carbonyl (C=O) groups is 1. The van der Waals surface area contributed by atoms with Crippen LogP contribution in [-0.2, 0) is 4.79 Å². The van der Waals surface area contributed by atoms with Crippen LogP contribution in [0.5, 0.6) is 0 Å². The summed E-state index contributed by atoms with van der Waals surface area (Å²) in [6.45, 7) is 3.88. The zero-order valence-electron chi connectivity index (χ0n) is 14.7. The second kappa shape index (κ2) is 6.81. The summed E-state index contributed by atoms with van der Waals surface area (Å²) in [5, 5.41) is 1.14. The van der Waals surface area contributed by atoms with Gasteiger partial charge >= 0.3 is 0 Å². The van der Waals surface area contributed by atoms with Crippen molar-refractivity contribution >= 4 is 28.7 Å². The van der Waals surface area contributed by atoms with Crippen LogP contribution in [0.2, 0.25) is 0 Å². The Hall–Kier alpha value is -3.08. The van der Waals surface area contributed by atoms with Crippen molar-refractivity contribution in [3.05, 3.63) is 65.5 Å². The molecule has 0 saturated heterocycles. The highest BCUT2D eigenvalue weighted by Gasteiger charge is 2.17. The molecule has 3 aromatic rings. The minimum atomic E-state index is -0.0672. The molecule has 1 aromatic carbocycles. The fourth-order valence-electron chi connectivity index (χ4n) is 2.77. The highest BCUT2D eigenvalue weighted by atomic mass is 16.2. The van der Waals surface area contributed by atoms with Crippen LogP contribution in [-0.4, -0.2) is 27.8 Å². The van der Waals surface area contributed by atoms with Gasteiger partial charge in [0, 0.05) is 30.0 Å². The van der Waals surface area contributed by atoms with Crippen LogP contribution in [0.3, 0.4) is 0 Å². The summed E-state index contributed by atoms with van der Waals surface area (Å²) in [6.07, 6.45) is 3.35. The van der Waals surface area contributed by atoms with Crippen molar-refractivity contribution in [2.75, 3.05) is 12.8 Å². The quantitative estimate of drug-likeness (QED) is 0.715. The van der Waals surface area contributed by atoms with E-state index in [0.717, 1.165) is 27.9 Å². The van der Waals surface area contributed by atoms with E-state index in [1.54, 1.807) is 30.2 Å². The maximum atomic E-state index is 12.5. The van der Waals surface area contributed by atoms with Crippen LogP contribution in [0.25, 0.3) is 17.0 Å². The molecule has 3 rings (SSSR count). The van der Waals surface area contributed by atoms with Crippen molar-refractivity contribution in [1.82, 2.24) is 14.9 Å². The number of hydrogen-bond donors (Lipinski definition) is 2. The molecule has 1 amide bonds. The largest absolute Gasteiger partial charge is 0.384 e. The molecule has 128 valence electrons. The van der Waals surface area contributed by atoms with Gasteiger partial charge in [-0.1, -0.05) is 18.2 Å². The molecule has 0 fully saturated rings. The minimum absolute atomic E-state index is 0.0600. The Labute approximate surface area is 147 Å². The zero-order valence-corrected chi connectivity index (χ0v) is 14.7. The van der Waals surface area contributed by atoms with Gasteiger partial charge in [-0.3, -0.25) is 4.79 Å². The van der Waals surface area contributed by atoms with Crippen molar-refractivity contribution in [2.45, 2.75) is 19.9 Å². The molecule has 0 radical (unpaired) electrons. The highest BCUT2D eigenvalue weighted by molar-refractivity contribution is 5.92. The lowest BCUT2D eigenvalue weighted by atomic mass is 10.1. The number of H-pyrrole nitrogens is 1. The van der Waals surface area contributed by atoms with Crippen molar-refractivity contribution < 1.29 is 4.79 Å². The van der Waals surface area contributed by atoms with Gasteiger partial charge in [0.05, 0.1) is 6.04 Å². The number of pyridine rings is 1. The number of rotatable bonds is 4. The maximum absolute atomic E-state index is 12.5. The number of aryl methyl sites for hydroxylation is 1. The minimum Gasteiger partial charge on any atom is -0.384 e. The molecule has 2 aromatic heterocycles. The Morgan fingerprint density at radius 2 is 2.04 bits per heavy atom. The van der Waals surface area contributed by atoms with Gasteiger partial charge in [-0.25, -0.2) is 4.98 Å². The molecular formula is C20H22N4O. The Bertz CT molecular complexity index is 909. The molecule has 1 unspecified atom stereocenters. The van der Waals surface area contributed by atoms with Crippen molar-refractivity contribution in [2.24, 2.45) is 0 Å². The molecule has 0 saturated carbocycles. The standard InChI is InChI=1S/C20H22N4O/c1-13-15(8-10-19(21)22-13)9-11-20(25)24(3)14(2)18-12-16-6-4-5-7-17(16)23-18/h4-12,14,23H,1-3H3,(H2,21,22)/b11-9+. The van der Waals surface area contributed by atoms with Gasteiger partial charge in [0.1, 0.15) is 5.82 Å². The molecule has 0 aliphatic rings. The summed E-state index contributed by atoms with van der Waals surface area (Å²) < 4.78 is 0. The Morgan fingerprint density at radius 1 is 1.28 bits per heavy atom. The molecule has 0 aliphatic heterocycles. The van der Waals surface area contributed by atoms with Crippen LogP contribution in [0.4, 0.5) is 5.82 Å². The van der Waals surface area contributed by atoms with Crippen LogP contribution in [0.15, 0.2) is 48.5 Å². The third-order valence-corrected chi connectivity index (χ3v) is 4.48. The molecule has 0 spiro atoms. The van der Waals surface area contributed by atoms with E-state index in [-0.39, 0.29) is 11.9 Å². The summed E-state index contributed by atoms with van der Waals surface area (Å²) >= 11 is 0. The van der Waals surface area contributed by atoms with Crippen molar-refractivity contribution in [3.8, 4) is 0 Å². The Kier molecular flexibility index (Phi) is 4.57. The first-order chi connectivity index (χ1) is 12.0. The van der Waals surface area contributed by atoms with E-state index in [2.05, 4.69) is 22.1 Å². The SMILES string of the molecule is Cc1nc(N)ccc1/C=C/C(=O)N(C)C(C)c1cc2ccccc2[nH]1. The average Bonchev–Trinajstić information content (AvgIpc) is 3.03. The summed E-state index contributed by atoms with van der Waals surface area (Å²) in [6, 6.07) is 13.7. The Balaban J connectivity index is 1.75. The molecule has 25 heavy (non-hydrogen) atoms. The van der Waals surface area contributed by atoms with E-state index >= 15 is 0 Å². The number of fused-ring (bicyclic) bond motifs is 1. The first-order valence-electron chi connectivity index (χ1n) is 8.21. The van der Waals surface area contributed by atoms with Crippen LogP contribution < -0.4 is 5.73 Å². The number of aromatic nitrogens is 2. The number of nitrogen functional groups attached to an aromatic ring is 1. The third-order valence-electron chi connectivity index (χ3n) is 4.48. The van der Waals surface area contributed by atoms with E-state index in [0.29, 0.717) is 5.82 Å². The van der Waals surface area contributed by atoms with Gasteiger partial charge in [-0.05, 0) is 55.1 Å².